The third-order valence-electron chi connectivity index (χ3n) is 5.77. The molecule has 3 aromatic rings. The summed E-state index contributed by atoms with van der Waals surface area (Å²) >= 11 is 0. The van der Waals surface area contributed by atoms with Crippen molar-refractivity contribution in [2.75, 3.05) is 13.7 Å². The molecule has 3 heteroatoms. The van der Waals surface area contributed by atoms with E-state index in [-0.39, 0.29) is 5.41 Å². The maximum Gasteiger partial charge on any atom is 0.127 e. The molecule has 0 fully saturated rings. The van der Waals surface area contributed by atoms with E-state index in [0.29, 0.717) is 0 Å². The van der Waals surface area contributed by atoms with Crippen LogP contribution in [0.25, 0.3) is 0 Å². The summed E-state index contributed by atoms with van der Waals surface area (Å²) in [7, 11) is 1.73. The van der Waals surface area contributed by atoms with Gasteiger partial charge in [0, 0.05) is 19.6 Å². The minimum atomic E-state index is 0.149. The zero-order valence-corrected chi connectivity index (χ0v) is 18.4. The molecular formula is C27H31NO2. The monoisotopic (exact) mass is 401 g/mol. The van der Waals surface area contributed by atoms with Crippen LogP contribution in [0.2, 0.25) is 0 Å². The first-order valence-corrected chi connectivity index (χ1v) is 10.7. The molecule has 3 nitrogen and oxygen atoms in total. The molecule has 0 atom stereocenters. The molecule has 0 N–H and O–H groups in total. The first-order valence-electron chi connectivity index (χ1n) is 10.7. The summed E-state index contributed by atoms with van der Waals surface area (Å²) in [5.41, 5.74) is 5.54. The summed E-state index contributed by atoms with van der Waals surface area (Å²) in [6, 6.07) is 23.3. The van der Waals surface area contributed by atoms with E-state index in [0.717, 1.165) is 43.3 Å². The van der Waals surface area contributed by atoms with Crippen LogP contribution >= 0.6 is 0 Å². The number of hydrogen-bond acceptors (Lipinski definition) is 3. The number of fused-ring (bicyclic) bond motifs is 1. The van der Waals surface area contributed by atoms with Crippen molar-refractivity contribution in [1.29, 1.82) is 0 Å². The highest BCUT2D eigenvalue weighted by Crippen LogP contribution is 2.28. The fourth-order valence-electron chi connectivity index (χ4n) is 3.97. The van der Waals surface area contributed by atoms with Gasteiger partial charge in [0.25, 0.3) is 0 Å². The molecule has 0 radical (unpaired) electrons. The van der Waals surface area contributed by atoms with E-state index in [2.05, 4.69) is 86.3 Å². The van der Waals surface area contributed by atoms with E-state index in [1.165, 1.54) is 22.3 Å². The first kappa shape index (κ1) is 20.5. The third kappa shape index (κ3) is 4.85. The SMILES string of the molecule is COc1ccc2c(c1)CCN(Cc1cccc(Oc3ccc(C(C)(C)C)cc3)c1)C2. The van der Waals surface area contributed by atoms with Gasteiger partial charge < -0.3 is 9.47 Å². The van der Waals surface area contributed by atoms with E-state index in [4.69, 9.17) is 9.47 Å². The minimum absolute atomic E-state index is 0.149. The van der Waals surface area contributed by atoms with Crippen molar-refractivity contribution in [2.45, 2.75) is 45.7 Å². The van der Waals surface area contributed by atoms with Crippen molar-refractivity contribution in [3.8, 4) is 17.2 Å². The molecule has 0 bridgehead atoms. The molecule has 3 aromatic carbocycles. The molecule has 30 heavy (non-hydrogen) atoms. The standard InChI is InChI=1S/C27H31NO2/c1-27(2,3)23-9-12-24(13-10-23)30-26-7-5-6-20(16-26)18-28-15-14-21-17-25(29-4)11-8-22(21)19-28/h5-13,16-17H,14-15,18-19H2,1-4H3. The van der Waals surface area contributed by atoms with Gasteiger partial charge in [-0.15, -0.1) is 0 Å². The molecule has 0 aliphatic carbocycles. The molecule has 1 aliphatic rings. The number of nitrogens with zero attached hydrogens (tertiary/aromatic N) is 1. The van der Waals surface area contributed by atoms with Crippen molar-refractivity contribution in [3.63, 3.8) is 0 Å². The second-order valence-corrected chi connectivity index (χ2v) is 9.12. The van der Waals surface area contributed by atoms with E-state index >= 15 is 0 Å². The fourth-order valence-corrected chi connectivity index (χ4v) is 3.97. The number of ether oxygens (including phenoxy) is 2. The zero-order valence-electron chi connectivity index (χ0n) is 18.4. The van der Waals surface area contributed by atoms with E-state index < -0.39 is 0 Å². The maximum absolute atomic E-state index is 6.13. The lowest BCUT2D eigenvalue weighted by Gasteiger charge is -2.29. The van der Waals surface area contributed by atoms with E-state index in [9.17, 15) is 0 Å². The van der Waals surface area contributed by atoms with Gasteiger partial charge in [0.1, 0.15) is 17.2 Å². The van der Waals surface area contributed by atoms with Crippen LogP contribution < -0.4 is 9.47 Å². The summed E-state index contributed by atoms with van der Waals surface area (Å²) < 4.78 is 11.5. The highest BCUT2D eigenvalue weighted by atomic mass is 16.5. The zero-order chi connectivity index (χ0) is 21.1. The number of benzene rings is 3. The van der Waals surface area contributed by atoms with E-state index in [1.807, 2.05) is 6.07 Å². The van der Waals surface area contributed by atoms with Crippen molar-refractivity contribution < 1.29 is 9.47 Å². The van der Waals surface area contributed by atoms with Crippen molar-refractivity contribution >= 4 is 0 Å². The molecule has 156 valence electrons. The van der Waals surface area contributed by atoms with Crippen LogP contribution in [0.15, 0.2) is 66.7 Å². The maximum atomic E-state index is 6.13. The quantitative estimate of drug-likeness (QED) is 0.498. The molecule has 1 aliphatic heterocycles. The largest absolute Gasteiger partial charge is 0.497 e. The molecule has 0 amide bonds. The van der Waals surface area contributed by atoms with Gasteiger partial charge in [-0.05, 0) is 70.5 Å². The van der Waals surface area contributed by atoms with Crippen molar-refractivity contribution in [3.05, 3.63) is 89.0 Å². The highest BCUT2D eigenvalue weighted by Gasteiger charge is 2.17. The summed E-state index contributed by atoms with van der Waals surface area (Å²) in [5, 5.41) is 0. The average Bonchev–Trinajstić information content (AvgIpc) is 2.73. The lowest BCUT2D eigenvalue weighted by Crippen LogP contribution is -2.30. The molecule has 0 unspecified atom stereocenters. The Morgan fingerprint density at radius 2 is 1.60 bits per heavy atom. The Morgan fingerprint density at radius 3 is 2.33 bits per heavy atom. The van der Waals surface area contributed by atoms with Gasteiger partial charge in [-0.1, -0.05) is 51.1 Å². The van der Waals surface area contributed by atoms with Gasteiger partial charge in [0.05, 0.1) is 7.11 Å². The molecule has 1 heterocycles. The van der Waals surface area contributed by atoms with E-state index in [1.54, 1.807) is 7.11 Å². The second-order valence-electron chi connectivity index (χ2n) is 9.12. The predicted molar refractivity (Wildman–Crippen MR) is 122 cm³/mol. The van der Waals surface area contributed by atoms with Crippen LogP contribution in [-0.2, 0) is 24.9 Å². The minimum Gasteiger partial charge on any atom is -0.497 e. The Kier molecular flexibility index (Phi) is 5.83. The smallest absolute Gasteiger partial charge is 0.127 e. The first-order chi connectivity index (χ1) is 14.4. The van der Waals surface area contributed by atoms with Crippen LogP contribution in [0.4, 0.5) is 0 Å². The van der Waals surface area contributed by atoms with Gasteiger partial charge in [-0.3, -0.25) is 4.90 Å². The fraction of sp³-hybridized carbons (Fsp3) is 0.333. The van der Waals surface area contributed by atoms with Gasteiger partial charge in [0.15, 0.2) is 0 Å². The molecule has 0 aromatic heterocycles. The van der Waals surface area contributed by atoms with Gasteiger partial charge in [-0.25, -0.2) is 0 Å². The Balaban J connectivity index is 1.41. The topological polar surface area (TPSA) is 21.7 Å². The van der Waals surface area contributed by atoms with Crippen LogP contribution in [0.3, 0.4) is 0 Å². The number of rotatable bonds is 5. The normalized spacial score (nSPS) is 14.3. The van der Waals surface area contributed by atoms with Gasteiger partial charge in [0.2, 0.25) is 0 Å². The van der Waals surface area contributed by atoms with Gasteiger partial charge >= 0.3 is 0 Å². The van der Waals surface area contributed by atoms with Crippen molar-refractivity contribution in [1.82, 2.24) is 4.90 Å². The lowest BCUT2D eigenvalue weighted by molar-refractivity contribution is 0.245. The van der Waals surface area contributed by atoms with Gasteiger partial charge in [-0.2, -0.15) is 0 Å². The molecule has 0 spiro atoms. The summed E-state index contributed by atoms with van der Waals surface area (Å²) in [4.78, 5) is 2.49. The summed E-state index contributed by atoms with van der Waals surface area (Å²) in [5.74, 6) is 2.71. The van der Waals surface area contributed by atoms with Crippen LogP contribution in [0, 0.1) is 0 Å². The Hall–Kier alpha value is -2.78. The number of hydrogen-bond donors (Lipinski definition) is 0. The number of methoxy groups -OCH3 is 1. The van der Waals surface area contributed by atoms with Crippen molar-refractivity contribution in [2.24, 2.45) is 0 Å². The summed E-state index contributed by atoms with van der Waals surface area (Å²) in [6.07, 6.45) is 1.06. The molecule has 0 saturated heterocycles. The Morgan fingerprint density at radius 1 is 0.833 bits per heavy atom. The predicted octanol–water partition coefficient (Wildman–Crippen LogP) is 6.34. The molecule has 4 rings (SSSR count). The second kappa shape index (κ2) is 8.53. The third-order valence-corrected chi connectivity index (χ3v) is 5.77. The van der Waals surface area contributed by atoms with Crippen LogP contribution in [0.1, 0.15) is 43.0 Å². The van der Waals surface area contributed by atoms with Crippen LogP contribution in [0.5, 0.6) is 17.2 Å². The highest BCUT2D eigenvalue weighted by molar-refractivity contribution is 5.38. The Bertz CT molecular complexity index is 1000. The Labute approximate surface area is 180 Å². The molecular weight excluding hydrogens is 370 g/mol. The van der Waals surface area contributed by atoms with Crippen LogP contribution in [-0.4, -0.2) is 18.6 Å². The lowest BCUT2D eigenvalue weighted by atomic mass is 9.87. The molecule has 0 saturated carbocycles. The summed E-state index contributed by atoms with van der Waals surface area (Å²) in [6.45, 7) is 9.62. The average molecular weight is 402 g/mol.